The molecular weight excluding hydrogens is 516 g/mol. The van der Waals surface area contributed by atoms with Crippen molar-refractivity contribution in [1.82, 2.24) is 14.2 Å². The van der Waals surface area contributed by atoms with Crippen molar-refractivity contribution in [3.05, 3.63) is 93.4 Å². The molecule has 2 aromatic heterocycles. The summed E-state index contributed by atoms with van der Waals surface area (Å²) in [5.74, 6) is 1.12. The van der Waals surface area contributed by atoms with Crippen LogP contribution in [0.25, 0.3) is 33.2 Å². The third kappa shape index (κ3) is 5.13. The number of methoxy groups -OCH3 is 1. The smallest absolute Gasteiger partial charge is 0.325 e. The molecule has 2 heterocycles. The summed E-state index contributed by atoms with van der Waals surface area (Å²) in [5.41, 5.74) is 5.61. The summed E-state index contributed by atoms with van der Waals surface area (Å²) in [6, 6.07) is 19.1. The van der Waals surface area contributed by atoms with E-state index in [1.165, 1.54) is 4.68 Å². The first-order chi connectivity index (χ1) is 19.7. The first-order valence-electron chi connectivity index (χ1n) is 13.7. The van der Waals surface area contributed by atoms with Gasteiger partial charge in [0.2, 0.25) is 0 Å². The van der Waals surface area contributed by atoms with Gasteiger partial charge in [-0.05, 0) is 68.1 Å². The minimum absolute atomic E-state index is 0.0831. The number of para-hydroxylation sites is 2. The second-order valence-corrected chi connectivity index (χ2v) is 10.3. The van der Waals surface area contributed by atoms with Gasteiger partial charge in [-0.2, -0.15) is 9.78 Å². The van der Waals surface area contributed by atoms with E-state index in [9.17, 15) is 9.59 Å². The molecule has 0 bridgehead atoms. The Morgan fingerprint density at radius 2 is 1.76 bits per heavy atom. The van der Waals surface area contributed by atoms with Gasteiger partial charge in [0, 0.05) is 27.7 Å². The second-order valence-electron chi connectivity index (χ2n) is 10.3. The standard InChI is InChI=1S/C33H34N4O4/c1-7-41-31(38)19-36-22(5)27(23-12-9-11-15-29(23)36)18-34-37-32(35-28-14-10-8-13-24(28)33(37)39)26-17-25(20(2)3)30(40-6)16-21(26)4/h8-18,20H,7,19H2,1-6H3. The largest absolute Gasteiger partial charge is 0.496 e. The Balaban J connectivity index is 1.74. The van der Waals surface area contributed by atoms with Crippen molar-refractivity contribution in [2.75, 3.05) is 13.7 Å². The molecule has 0 saturated carbocycles. The van der Waals surface area contributed by atoms with E-state index < -0.39 is 0 Å². The zero-order valence-electron chi connectivity index (χ0n) is 24.3. The predicted octanol–water partition coefficient (Wildman–Crippen LogP) is 6.21. The van der Waals surface area contributed by atoms with E-state index >= 15 is 0 Å². The Hall–Kier alpha value is -4.72. The van der Waals surface area contributed by atoms with Gasteiger partial charge in [-0.3, -0.25) is 9.59 Å². The molecular formula is C33H34N4O4. The molecule has 0 fully saturated rings. The van der Waals surface area contributed by atoms with Crippen LogP contribution < -0.4 is 10.3 Å². The first-order valence-corrected chi connectivity index (χ1v) is 13.7. The fourth-order valence-corrected chi connectivity index (χ4v) is 5.25. The van der Waals surface area contributed by atoms with E-state index in [1.807, 2.05) is 73.0 Å². The normalized spacial score (nSPS) is 11.7. The Labute approximate surface area is 238 Å². The molecule has 0 saturated heterocycles. The van der Waals surface area contributed by atoms with Crippen LogP contribution in [-0.4, -0.2) is 40.1 Å². The molecule has 0 N–H and O–H groups in total. The highest BCUT2D eigenvalue weighted by Crippen LogP contribution is 2.34. The molecule has 0 amide bonds. The Bertz CT molecular complexity index is 1860. The van der Waals surface area contributed by atoms with Crippen molar-refractivity contribution in [2.24, 2.45) is 5.10 Å². The number of hydrogen-bond donors (Lipinski definition) is 0. The van der Waals surface area contributed by atoms with Gasteiger partial charge in [-0.15, -0.1) is 0 Å². The predicted molar refractivity (Wildman–Crippen MR) is 163 cm³/mol. The summed E-state index contributed by atoms with van der Waals surface area (Å²) >= 11 is 0. The molecule has 0 atom stereocenters. The van der Waals surface area contributed by atoms with Crippen molar-refractivity contribution >= 4 is 34.0 Å². The van der Waals surface area contributed by atoms with E-state index in [4.69, 9.17) is 19.6 Å². The van der Waals surface area contributed by atoms with E-state index in [0.29, 0.717) is 23.3 Å². The lowest BCUT2D eigenvalue weighted by Gasteiger charge is -2.17. The number of aromatic nitrogens is 3. The van der Waals surface area contributed by atoms with Gasteiger partial charge >= 0.3 is 5.97 Å². The fraction of sp³-hybridized carbons (Fsp3) is 0.273. The third-order valence-corrected chi connectivity index (χ3v) is 7.37. The number of fused-ring (bicyclic) bond motifs is 2. The maximum absolute atomic E-state index is 13.9. The maximum Gasteiger partial charge on any atom is 0.325 e. The van der Waals surface area contributed by atoms with Crippen molar-refractivity contribution in [2.45, 2.75) is 47.1 Å². The summed E-state index contributed by atoms with van der Waals surface area (Å²) in [4.78, 5) is 31.2. The Morgan fingerprint density at radius 3 is 2.46 bits per heavy atom. The lowest BCUT2D eigenvalue weighted by atomic mass is 9.96. The van der Waals surface area contributed by atoms with Crippen LogP contribution in [0.1, 0.15) is 49.1 Å². The van der Waals surface area contributed by atoms with E-state index in [1.54, 1.807) is 26.3 Å². The summed E-state index contributed by atoms with van der Waals surface area (Å²) < 4.78 is 14.2. The van der Waals surface area contributed by atoms with Crippen LogP contribution in [0.2, 0.25) is 0 Å². The number of carbonyl (C=O) groups is 1. The molecule has 3 aromatic carbocycles. The van der Waals surface area contributed by atoms with Crippen LogP contribution in [0.3, 0.4) is 0 Å². The molecule has 210 valence electrons. The quantitative estimate of drug-likeness (QED) is 0.169. The highest BCUT2D eigenvalue weighted by molar-refractivity contribution is 6.01. The zero-order chi connectivity index (χ0) is 29.3. The molecule has 5 aromatic rings. The van der Waals surface area contributed by atoms with E-state index in [-0.39, 0.29) is 24.0 Å². The number of esters is 1. The lowest BCUT2D eigenvalue weighted by Crippen LogP contribution is -2.21. The monoisotopic (exact) mass is 550 g/mol. The SMILES string of the molecule is CCOC(=O)Cn1c(C)c(C=Nn2c(-c3cc(C(C)C)c(OC)cc3C)nc3ccccc3c2=O)c2ccccc21. The molecule has 0 spiro atoms. The van der Waals surface area contributed by atoms with Crippen LogP contribution >= 0.6 is 0 Å². The van der Waals surface area contributed by atoms with Crippen LogP contribution in [0, 0.1) is 13.8 Å². The van der Waals surface area contributed by atoms with Crippen LogP contribution in [0.5, 0.6) is 5.75 Å². The second kappa shape index (κ2) is 11.4. The lowest BCUT2D eigenvalue weighted by molar-refractivity contribution is -0.143. The molecule has 8 nitrogen and oxygen atoms in total. The van der Waals surface area contributed by atoms with Crippen molar-refractivity contribution in [1.29, 1.82) is 0 Å². The van der Waals surface area contributed by atoms with Gasteiger partial charge in [-0.25, -0.2) is 4.98 Å². The fourth-order valence-electron chi connectivity index (χ4n) is 5.25. The number of benzene rings is 3. The van der Waals surface area contributed by atoms with E-state index in [0.717, 1.165) is 44.6 Å². The maximum atomic E-state index is 13.9. The summed E-state index contributed by atoms with van der Waals surface area (Å²) in [6.07, 6.45) is 1.68. The summed E-state index contributed by atoms with van der Waals surface area (Å²) in [5, 5.41) is 6.15. The summed E-state index contributed by atoms with van der Waals surface area (Å²) in [7, 11) is 1.66. The first kappa shape index (κ1) is 27.8. The minimum atomic E-state index is -0.312. The number of hydrogen-bond acceptors (Lipinski definition) is 6. The van der Waals surface area contributed by atoms with Crippen molar-refractivity contribution < 1.29 is 14.3 Å². The van der Waals surface area contributed by atoms with Gasteiger partial charge in [-0.1, -0.05) is 44.2 Å². The van der Waals surface area contributed by atoms with Crippen LogP contribution in [-0.2, 0) is 16.1 Å². The number of carbonyl (C=O) groups excluding carboxylic acids is 1. The third-order valence-electron chi connectivity index (χ3n) is 7.37. The zero-order valence-corrected chi connectivity index (χ0v) is 24.3. The van der Waals surface area contributed by atoms with Gasteiger partial charge in [0.1, 0.15) is 12.3 Å². The van der Waals surface area contributed by atoms with Crippen molar-refractivity contribution in [3.63, 3.8) is 0 Å². The number of nitrogens with zero attached hydrogens (tertiary/aromatic N) is 4. The van der Waals surface area contributed by atoms with Crippen LogP contribution in [0.15, 0.2) is 70.6 Å². The molecule has 41 heavy (non-hydrogen) atoms. The summed E-state index contributed by atoms with van der Waals surface area (Å²) in [6.45, 7) is 10.3. The minimum Gasteiger partial charge on any atom is -0.496 e. The van der Waals surface area contributed by atoms with Gasteiger partial charge in [0.25, 0.3) is 5.56 Å². The highest BCUT2D eigenvalue weighted by Gasteiger charge is 2.19. The Morgan fingerprint density at radius 1 is 1.05 bits per heavy atom. The number of rotatable bonds is 8. The van der Waals surface area contributed by atoms with E-state index in [2.05, 4.69) is 13.8 Å². The molecule has 5 rings (SSSR count). The average molecular weight is 551 g/mol. The molecule has 0 unspecified atom stereocenters. The molecule has 0 aliphatic heterocycles. The average Bonchev–Trinajstić information content (AvgIpc) is 3.22. The Kier molecular flexibility index (Phi) is 7.75. The molecule has 0 aliphatic rings. The van der Waals surface area contributed by atoms with Crippen molar-refractivity contribution in [3.8, 4) is 17.1 Å². The topological polar surface area (TPSA) is 87.7 Å². The number of ether oxygens (including phenoxy) is 2. The highest BCUT2D eigenvalue weighted by atomic mass is 16.5. The van der Waals surface area contributed by atoms with Gasteiger partial charge < -0.3 is 14.0 Å². The van der Waals surface area contributed by atoms with Gasteiger partial charge in [0.05, 0.1) is 30.8 Å². The van der Waals surface area contributed by atoms with Crippen LogP contribution in [0.4, 0.5) is 0 Å². The molecule has 0 radical (unpaired) electrons. The van der Waals surface area contributed by atoms with Gasteiger partial charge in [0.15, 0.2) is 5.82 Å². The molecule has 8 heteroatoms. The molecule has 0 aliphatic carbocycles. The number of aryl methyl sites for hydroxylation is 1.